The smallest absolute Gasteiger partial charge is 0.265 e. The molecule has 1 aliphatic rings. The summed E-state index contributed by atoms with van der Waals surface area (Å²) in [6.45, 7) is 0.321. The Hall–Kier alpha value is -1.47. The van der Waals surface area contributed by atoms with Gasteiger partial charge >= 0.3 is 0 Å². The molecule has 0 aromatic heterocycles. The average molecular weight is 266 g/mol. The maximum Gasteiger partial charge on any atom is 0.265 e. The third-order valence-electron chi connectivity index (χ3n) is 2.11. The zero-order valence-corrected chi connectivity index (χ0v) is 9.45. The lowest BCUT2D eigenvalue weighted by molar-refractivity contribution is -0.121. The molecule has 0 aliphatic carbocycles. The summed E-state index contributed by atoms with van der Waals surface area (Å²) >= 11 is 3.34. The minimum Gasteiger partial charge on any atom is -0.482 e. The van der Waals surface area contributed by atoms with Crippen molar-refractivity contribution in [1.29, 1.82) is 0 Å². The second kappa shape index (κ2) is 3.95. The molecule has 1 heterocycles. The van der Waals surface area contributed by atoms with E-state index in [0.29, 0.717) is 5.75 Å². The van der Waals surface area contributed by atoms with Gasteiger partial charge in [-0.3, -0.25) is 9.69 Å². The maximum atomic E-state index is 11.5. The zero-order valence-electron chi connectivity index (χ0n) is 7.87. The Morgan fingerprint density at radius 3 is 3.13 bits per heavy atom. The van der Waals surface area contributed by atoms with E-state index in [1.54, 1.807) is 4.90 Å². The maximum absolute atomic E-state index is 11.5. The fourth-order valence-corrected chi connectivity index (χ4v) is 1.79. The van der Waals surface area contributed by atoms with Crippen LogP contribution in [0.2, 0.25) is 0 Å². The summed E-state index contributed by atoms with van der Waals surface area (Å²) in [5.74, 6) is 3.04. The van der Waals surface area contributed by atoms with Gasteiger partial charge in [0.25, 0.3) is 5.91 Å². The van der Waals surface area contributed by atoms with Crippen LogP contribution >= 0.6 is 15.9 Å². The van der Waals surface area contributed by atoms with Gasteiger partial charge in [-0.25, -0.2) is 0 Å². The van der Waals surface area contributed by atoms with Crippen LogP contribution in [0.25, 0.3) is 0 Å². The molecule has 1 aromatic carbocycles. The van der Waals surface area contributed by atoms with Crippen LogP contribution in [-0.4, -0.2) is 19.1 Å². The van der Waals surface area contributed by atoms with E-state index >= 15 is 0 Å². The number of hydrogen-bond acceptors (Lipinski definition) is 2. The van der Waals surface area contributed by atoms with Crippen LogP contribution in [0.15, 0.2) is 22.7 Å². The molecular weight excluding hydrogens is 258 g/mol. The number of nitrogens with zero attached hydrogens (tertiary/aromatic N) is 1. The minimum atomic E-state index is -0.112. The third-order valence-corrected chi connectivity index (χ3v) is 2.61. The molecule has 2 rings (SSSR count). The molecule has 76 valence electrons. The van der Waals surface area contributed by atoms with Crippen LogP contribution in [0.3, 0.4) is 0 Å². The molecule has 0 saturated carbocycles. The van der Waals surface area contributed by atoms with Gasteiger partial charge in [-0.15, -0.1) is 6.42 Å². The van der Waals surface area contributed by atoms with Crippen molar-refractivity contribution in [1.82, 2.24) is 0 Å². The van der Waals surface area contributed by atoms with Gasteiger partial charge in [0.1, 0.15) is 5.75 Å². The first-order valence-electron chi connectivity index (χ1n) is 4.38. The Labute approximate surface area is 96.2 Å². The van der Waals surface area contributed by atoms with Crippen molar-refractivity contribution in [3.8, 4) is 18.1 Å². The molecule has 0 saturated heterocycles. The molecule has 0 radical (unpaired) electrons. The van der Waals surface area contributed by atoms with Gasteiger partial charge in [0.15, 0.2) is 6.61 Å². The Kier molecular flexibility index (Phi) is 2.65. The first-order valence-corrected chi connectivity index (χ1v) is 5.18. The highest BCUT2D eigenvalue weighted by Gasteiger charge is 2.24. The quantitative estimate of drug-likeness (QED) is 0.725. The third kappa shape index (κ3) is 1.83. The van der Waals surface area contributed by atoms with Gasteiger partial charge in [-0.2, -0.15) is 0 Å². The minimum absolute atomic E-state index is 0.0519. The molecule has 0 atom stereocenters. The number of carbonyl (C=O) groups excluding carboxylic acids is 1. The van der Waals surface area contributed by atoms with E-state index in [4.69, 9.17) is 11.2 Å². The van der Waals surface area contributed by atoms with E-state index in [1.165, 1.54) is 0 Å². The summed E-state index contributed by atoms with van der Waals surface area (Å²) in [5.41, 5.74) is 0.721. The second-order valence-corrected chi connectivity index (χ2v) is 4.00. The number of terminal acetylenes is 1. The summed E-state index contributed by atoms with van der Waals surface area (Å²) < 4.78 is 6.18. The molecular formula is C11H8BrNO2. The van der Waals surface area contributed by atoms with E-state index in [2.05, 4.69) is 21.9 Å². The summed E-state index contributed by atoms with van der Waals surface area (Å²) in [4.78, 5) is 13.1. The van der Waals surface area contributed by atoms with Crippen molar-refractivity contribution in [3.63, 3.8) is 0 Å². The molecule has 1 amide bonds. The second-order valence-electron chi connectivity index (χ2n) is 3.08. The molecule has 4 heteroatoms. The molecule has 0 fully saturated rings. The highest BCUT2D eigenvalue weighted by atomic mass is 79.9. The predicted octanol–water partition coefficient (Wildman–Crippen LogP) is 1.81. The van der Waals surface area contributed by atoms with Gasteiger partial charge in [-0.05, 0) is 18.2 Å². The SMILES string of the molecule is C#CCN1C(=O)COc2ccc(Br)cc21. The number of benzene rings is 1. The van der Waals surface area contributed by atoms with Gasteiger partial charge in [0, 0.05) is 4.47 Å². The van der Waals surface area contributed by atoms with Gasteiger partial charge in [-0.1, -0.05) is 21.9 Å². The Morgan fingerprint density at radius 1 is 1.60 bits per heavy atom. The number of ether oxygens (including phenoxy) is 1. The van der Waals surface area contributed by atoms with Crippen LogP contribution in [0.4, 0.5) is 5.69 Å². The van der Waals surface area contributed by atoms with Crippen molar-refractivity contribution in [2.45, 2.75) is 0 Å². The molecule has 0 unspecified atom stereocenters. The van der Waals surface area contributed by atoms with E-state index < -0.39 is 0 Å². The highest BCUT2D eigenvalue weighted by Crippen LogP contribution is 2.34. The fraction of sp³-hybridized carbons (Fsp3) is 0.182. The first kappa shape index (κ1) is 10.1. The Balaban J connectivity index is 2.46. The van der Waals surface area contributed by atoms with E-state index in [-0.39, 0.29) is 19.1 Å². The molecule has 0 spiro atoms. The largest absolute Gasteiger partial charge is 0.482 e. The van der Waals surface area contributed by atoms with Gasteiger partial charge in [0.2, 0.25) is 0 Å². The average Bonchev–Trinajstić information content (AvgIpc) is 2.23. The monoisotopic (exact) mass is 265 g/mol. The number of carbonyl (C=O) groups is 1. The lowest BCUT2D eigenvalue weighted by Gasteiger charge is -2.27. The number of amides is 1. The molecule has 1 aliphatic heterocycles. The van der Waals surface area contributed by atoms with Crippen LogP contribution in [0.1, 0.15) is 0 Å². The number of rotatable bonds is 1. The van der Waals surface area contributed by atoms with Crippen LogP contribution in [0, 0.1) is 12.3 Å². The zero-order chi connectivity index (χ0) is 10.8. The number of halogens is 1. The summed E-state index contributed by atoms with van der Waals surface area (Å²) in [7, 11) is 0. The van der Waals surface area contributed by atoms with E-state index in [0.717, 1.165) is 10.2 Å². The normalized spacial score (nSPS) is 14.1. The first-order chi connectivity index (χ1) is 7.22. The van der Waals surface area contributed by atoms with Crippen molar-refractivity contribution in [2.24, 2.45) is 0 Å². The molecule has 15 heavy (non-hydrogen) atoms. The summed E-state index contributed by atoms with van der Waals surface area (Å²) in [6, 6.07) is 5.50. The molecule has 0 N–H and O–H groups in total. The summed E-state index contributed by atoms with van der Waals surface area (Å²) in [6.07, 6.45) is 5.22. The lowest BCUT2D eigenvalue weighted by Crippen LogP contribution is -2.38. The number of anilines is 1. The standard InChI is InChI=1S/C11H8BrNO2/c1-2-5-13-9-6-8(12)3-4-10(9)15-7-11(13)14/h1,3-4,6H,5,7H2. The topological polar surface area (TPSA) is 29.5 Å². The van der Waals surface area contributed by atoms with Crippen molar-refractivity contribution in [3.05, 3.63) is 22.7 Å². The number of fused-ring (bicyclic) bond motifs is 1. The van der Waals surface area contributed by atoms with Gasteiger partial charge < -0.3 is 4.74 Å². The molecule has 1 aromatic rings. The predicted molar refractivity (Wildman–Crippen MR) is 60.8 cm³/mol. The van der Waals surface area contributed by atoms with Crippen molar-refractivity contribution in [2.75, 3.05) is 18.1 Å². The lowest BCUT2D eigenvalue weighted by atomic mass is 10.2. The highest BCUT2D eigenvalue weighted by molar-refractivity contribution is 9.10. The van der Waals surface area contributed by atoms with Crippen molar-refractivity contribution >= 4 is 27.5 Å². The van der Waals surface area contributed by atoms with Crippen LogP contribution < -0.4 is 9.64 Å². The Morgan fingerprint density at radius 2 is 2.40 bits per heavy atom. The van der Waals surface area contributed by atoms with Crippen LogP contribution in [-0.2, 0) is 4.79 Å². The molecule has 0 bridgehead atoms. The summed E-state index contributed by atoms with van der Waals surface area (Å²) in [5, 5.41) is 0. The van der Waals surface area contributed by atoms with Crippen molar-refractivity contribution < 1.29 is 9.53 Å². The Bertz CT molecular complexity index is 450. The van der Waals surface area contributed by atoms with Crippen LogP contribution in [0.5, 0.6) is 5.75 Å². The fourth-order valence-electron chi connectivity index (χ4n) is 1.44. The van der Waals surface area contributed by atoms with E-state index in [9.17, 15) is 4.79 Å². The van der Waals surface area contributed by atoms with E-state index in [1.807, 2.05) is 18.2 Å². The number of hydrogen-bond donors (Lipinski definition) is 0. The molecule has 3 nitrogen and oxygen atoms in total. The van der Waals surface area contributed by atoms with Gasteiger partial charge in [0.05, 0.1) is 12.2 Å².